The SMILES string of the molecule is COC1=Cc2ncn(-c3cc(OCc4ccccc4S(C)(=O)=O)c(C#N)s3)c2CC1OC. The van der Waals surface area contributed by atoms with Gasteiger partial charge in [0.1, 0.15) is 40.7 Å². The summed E-state index contributed by atoms with van der Waals surface area (Å²) < 4.78 is 42.8. The van der Waals surface area contributed by atoms with E-state index >= 15 is 0 Å². The maximum Gasteiger partial charge on any atom is 0.175 e. The van der Waals surface area contributed by atoms with Gasteiger partial charge in [0.05, 0.1) is 23.4 Å². The topological polar surface area (TPSA) is 103 Å². The van der Waals surface area contributed by atoms with E-state index < -0.39 is 9.84 Å². The fraction of sp³-hybridized carbons (Fsp3) is 0.273. The highest BCUT2D eigenvalue weighted by atomic mass is 32.2. The van der Waals surface area contributed by atoms with Crippen LogP contribution in [0.1, 0.15) is 21.8 Å². The van der Waals surface area contributed by atoms with Gasteiger partial charge in [-0.15, -0.1) is 11.3 Å². The molecule has 8 nitrogen and oxygen atoms in total. The molecule has 32 heavy (non-hydrogen) atoms. The summed E-state index contributed by atoms with van der Waals surface area (Å²) in [6.45, 7) is 0.0296. The third kappa shape index (κ3) is 4.14. The zero-order valence-electron chi connectivity index (χ0n) is 17.7. The molecule has 2 heterocycles. The zero-order chi connectivity index (χ0) is 22.9. The first-order valence-corrected chi connectivity index (χ1v) is 12.4. The van der Waals surface area contributed by atoms with Crippen LogP contribution >= 0.6 is 11.3 Å². The van der Waals surface area contributed by atoms with Gasteiger partial charge in [-0.3, -0.25) is 4.57 Å². The third-order valence-corrected chi connectivity index (χ3v) is 7.39. The Morgan fingerprint density at radius 2 is 2.09 bits per heavy atom. The van der Waals surface area contributed by atoms with Gasteiger partial charge in [0.15, 0.2) is 15.6 Å². The number of nitriles is 1. The fourth-order valence-corrected chi connectivity index (χ4v) is 5.42. The normalized spacial score (nSPS) is 15.6. The highest BCUT2D eigenvalue weighted by Gasteiger charge is 2.27. The predicted molar refractivity (Wildman–Crippen MR) is 120 cm³/mol. The molecule has 0 aliphatic heterocycles. The maximum absolute atomic E-state index is 12.0. The molecule has 166 valence electrons. The van der Waals surface area contributed by atoms with Crippen LogP contribution in [0.4, 0.5) is 0 Å². The van der Waals surface area contributed by atoms with E-state index in [2.05, 4.69) is 11.1 Å². The minimum Gasteiger partial charge on any atom is -0.498 e. The van der Waals surface area contributed by atoms with Gasteiger partial charge < -0.3 is 14.2 Å². The Morgan fingerprint density at radius 1 is 1.31 bits per heavy atom. The monoisotopic (exact) mass is 471 g/mol. The van der Waals surface area contributed by atoms with Crippen LogP contribution in [0, 0.1) is 11.3 Å². The quantitative estimate of drug-likeness (QED) is 0.520. The summed E-state index contributed by atoms with van der Waals surface area (Å²) in [4.78, 5) is 5.07. The highest BCUT2D eigenvalue weighted by Crippen LogP contribution is 2.35. The second-order valence-electron chi connectivity index (χ2n) is 7.18. The third-order valence-electron chi connectivity index (χ3n) is 5.17. The maximum atomic E-state index is 12.0. The van der Waals surface area contributed by atoms with Crippen molar-refractivity contribution in [1.29, 1.82) is 5.26 Å². The lowest BCUT2D eigenvalue weighted by Crippen LogP contribution is -2.23. The number of ether oxygens (including phenoxy) is 3. The van der Waals surface area contributed by atoms with Crippen molar-refractivity contribution >= 4 is 27.3 Å². The van der Waals surface area contributed by atoms with Gasteiger partial charge in [0.25, 0.3) is 0 Å². The molecule has 0 spiro atoms. The molecule has 1 aliphatic carbocycles. The van der Waals surface area contributed by atoms with Gasteiger partial charge in [-0.25, -0.2) is 13.4 Å². The number of hydrogen-bond donors (Lipinski definition) is 0. The summed E-state index contributed by atoms with van der Waals surface area (Å²) in [6.07, 6.45) is 5.06. The summed E-state index contributed by atoms with van der Waals surface area (Å²) in [5.41, 5.74) is 2.26. The molecule has 10 heteroatoms. The Hall–Kier alpha value is -3.13. The number of sulfone groups is 1. The number of rotatable bonds is 7. The molecule has 3 aromatic rings. The largest absolute Gasteiger partial charge is 0.498 e. The zero-order valence-corrected chi connectivity index (χ0v) is 19.4. The lowest BCUT2D eigenvalue weighted by atomic mass is 10.0. The highest BCUT2D eigenvalue weighted by molar-refractivity contribution is 7.90. The van der Waals surface area contributed by atoms with Crippen LogP contribution < -0.4 is 4.74 Å². The summed E-state index contributed by atoms with van der Waals surface area (Å²) in [5, 5.41) is 10.4. The molecule has 0 saturated heterocycles. The summed E-state index contributed by atoms with van der Waals surface area (Å²) in [5.74, 6) is 1.10. The summed E-state index contributed by atoms with van der Waals surface area (Å²) in [6, 6.07) is 10.6. The predicted octanol–water partition coefficient (Wildman–Crippen LogP) is 3.35. The van der Waals surface area contributed by atoms with E-state index in [1.807, 2.05) is 10.6 Å². The number of imidazole rings is 1. The van der Waals surface area contributed by atoms with Crippen molar-refractivity contribution in [2.24, 2.45) is 0 Å². The lowest BCUT2D eigenvalue weighted by Gasteiger charge is -2.22. The average Bonchev–Trinajstić information content (AvgIpc) is 3.39. The van der Waals surface area contributed by atoms with E-state index in [0.717, 1.165) is 22.6 Å². The number of fused-ring (bicyclic) bond motifs is 1. The first-order valence-electron chi connectivity index (χ1n) is 9.65. The second kappa shape index (κ2) is 8.78. The van der Waals surface area contributed by atoms with E-state index in [0.29, 0.717) is 28.4 Å². The molecule has 1 unspecified atom stereocenters. The second-order valence-corrected chi connectivity index (χ2v) is 10.2. The standard InChI is InChI=1S/C22H21N3O5S2/c1-28-17-8-15-16(9-18(17)29-2)25(13-24-15)22-10-19(20(11-23)31-22)30-12-14-6-4-5-7-21(14)32(3,26)27/h4-8,10,13,18H,9,12H2,1-3H3. The van der Waals surface area contributed by atoms with Crippen molar-refractivity contribution < 1.29 is 22.6 Å². The Kier molecular flexibility index (Phi) is 6.06. The van der Waals surface area contributed by atoms with Gasteiger partial charge in [-0.1, -0.05) is 18.2 Å². The van der Waals surface area contributed by atoms with Crippen LogP contribution in [-0.4, -0.2) is 44.5 Å². The molecule has 0 amide bonds. The Labute approximate surface area is 190 Å². The van der Waals surface area contributed by atoms with Crippen LogP contribution in [0.25, 0.3) is 11.1 Å². The molecule has 1 atom stereocenters. The first-order chi connectivity index (χ1) is 15.4. The molecule has 1 aliphatic rings. The van der Waals surface area contributed by atoms with Crippen LogP contribution in [0.3, 0.4) is 0 Å². The van der Waals surface area contributed by atoms with Crippen molar-refractivity contribution in [3.05, 3.63) is 64.2 Å². The Morgan fingerprint density at radius 3 is 2.78 bits per heavy atom. The van der Waals surface area contributed by atoms with Gasteiger partial charge in [-0.2, -0.15) is 5.26 Å². The van der Waals surface area contributed by atoms with Gasteiger partial charge in [-0.05, 0) is 6.07 Å². The van der Waals surface area contributed by atoms with Crippen LogP contribution in [-0.2, 0) is 32.3 Å². The molecule has 1 aromatic carbocycles. The average molecular weight is 472 g/mol. The minimum absolute atomic E-state index is 0.0296. The molecule has 0 fully saturated rings. The lowest BCUT2D eigenvalue weighted by molar-refractivity contribution is 0.0784. The molecular weight excluding hydrogens is 450 g/mol. The number of benzene rings is 1. The van der Waals surface area contributed by atoms with Gasteiger partial charge >= 0.3 is 0 Å². The van der Waals surface area contributed by atoms with E-state index in [-0.39, 0.29) is 17.6 Å². The smallest absolute Gasteiger partial charge is 0.175 e. The van der Waals surface area contributed by atoms with Gasteiger partial charge in [0, 0.05) is 37.5 Å². The van der Waals surface area contributed by atoms with Crippen molar-refractivity contribution in [3.8, 4) is 16.8 Å². The fourth-order valence-electron chi connectivity index (χ4n) is 3.60. The number of aromatic nitrogens is 2. The minimum atomic E-state index is -3.39. The van der Waals surface area contributed by atoms with Crippen molar-refractivity contribution in [1.82, 2.24) is 9.55 Å². The molecule has 0 saturated carbocycles. The summed E-state index contributed by atoms with van der Waals surface area (Å²) >= 11 is 1.28. The number of nitrogens with zero attached hydrogens (tertiary/aromatic N) is 3. The van der Waals surface area contributed by atoms with Crippen molar-refractivity contribution in [3.63, 3.8) is 0 Å². The molecule has 2 aromatic heterocycles. The molecular formula is C22H21N3O5S2. The molecule has 4 rings (SSSR count). The van der Waals surface area contributed by atoms with E-state index in [1.54, 1.807) is 50.9 Å². The van der Waals surface area contributed by atoms with Crippen molar-refractivity contribution in [2.75, 3.05) is 20.5 Å². The van der Waals surface area contributed by atoms with E-state index in [9.17, 15) is 13.7 Å². The van der Waals surface area contributed by atoms with E-state index in [1.165, 1.54) is 11.3 Å². The van der Waals surface area contributed by atoms with Crippen LogP contribution in [0.5, 0.6) is 5.75 Å². The van der Waals surface area contributed by atoms with Crippen LogP contribution in [0.2, 0.25) is 0 Å². The van der Waals surface area contributed by atoms with Crippen molar-refractivity contribution in [2.45, 2.75) is 24.0 Å². The molecule has 0 N–H and O–H groups in total. The summed E-state index contributed by atoms with van der Waals surface area (Å²) in [7, 11) is -0.163. The van der Waals surface area contributed by atoms with E-state index in [4.69, 9.17) is 14.2 Å². The number of hydrogen-bond acceptors (Lipinski definition) is 8. The molecule has 0 bridgehead atoms. The molecule has 0 radical (unpaired) electrons. The Balaban J connectivity index is 1.64. The number of thiophene rings is 1. The van der Waals surface area contributed by atoms with Crippen LogP contribution in [0.15, 0.2) is 47.3 Å². The first kappa shape index (κ1) is 22.1. The Bertz CT molecular complexity index is 1330. The number of methoxy groups -OCH3 is 2. The van der Waals surface area contributed by atoms with Gasteiger partial charge in [0.2, 0.25) is 0 Å².